The van der Waals surface area contributed by atoms with Gasteiger partial charge in [-0.25, -0.2) is 9.59 Å². The number of carbonyl (C=O) groups is 8. The summed E-state index contributed by atoms with van der Waals surface area (Å²) in [6, 6.07) is -1.65. The van der Waals surface area contributed by atoms with E-state index in [9.17, 15) is 38.4 Å². The van der Waals surface area contributed by atoms with Gasteiger partial charge < -0.3 is 58.1 Å². The van der Waals surface area contributed by atoms with Crippen molar-refractivity contribution in [3.8, 4) is 0 Å². The molecule has 4 aliphatic rings. The number of urea groups is 2. The largest absolute Gasteiger partial charge is 0.379 e. The zero-order chi connectivity index (χ0) is 38.6. The molecule has 4 fully saturated rings. The van der Waals surface area contributed by atoms with E-state index < -0.39 is 58.3 Å². The smallest absolute Gasteiger partial charge is 0.328 e. The van der Waals surface area contributed by atoms with Crippen LogP contribution in [0.25, 0.3) is 0 Å². The molecule has 0 aromatic carbocycles. The van der Waals surface area contributed by atoms with Crippen LogP contribution in [0.2, 0.25) is 0 Å². The van der Waals surface area contributed by atoms with Crippen LogP contribution in [0.15, 0.2) is 0 Å². The molecule has 16 nitrogen and oxygen atoms in total. The van der Waals surface area contributed by atoms with Gasteiger partial charge in [0.25, 0.3) is 0 Å². The van der Waals surface area contributed by atoms with Crippen molar-refractivity contribution >= 4 is 47.5 Å². The molecule has 296 valence electrons. The minimum Gasteiger partial charge on any atom is -0.379 e. The number of hydrogen-bond acceptors (Lipinski definition) is 10. The molecule has 10 amide bonds. The molecule has 0 bridgehead atoms. The van der Waals surface area contributed by atoms with Crippen molar-refractivity contribution in [2.24, 2.45) is 22.7 Å². The average molecular weight is 897 g/mol. The van der Waals surface area contributed by atoms with Crippen molar-refractivity contribution in [1.82, 2.24) is 42.1 Å². The van der Waals surface area contributed by atoms with Gasteiger partial charge in [-0.15, -0.1) is 0 Å². The Bertz CT molecular complexity index is 1170. The van der Waals surface area contributed by atoms with Crippen LogP contribution in [0.5, 0.6) is 0 Å². The Labute approximate surface area is 365 Å². The first kappa shape index (κ1) is 53.1. The van der Waals surface area contributed by atoms with Crippen LogP contribution in [0, 0.1) is 50.4 Å². The molecule has 4 rings (SSSR count). The first-order chi connectivity index (χ1) is 24.2. The predicted molar refractivity (Wildman–Crippen MR) is 191 cm³/mol. The van der Waals surface area contributed by atoms with Crippen LogP contribution in [0.3, 0.4) is 0 Å². The number of nitrogens with one attached hydrogen (secondary N) is 7. The number of nitrogens with zero attached hydrogens (tertiary/aromatic N) is 1. The minimum atomic E-state index is -1.46. The summed E-state index contributed by atoms with van der Waals surface area (Å²) in [7, 11) is 1.96. The number of carbonyl (C=O) groups excluding carboxylic acids is 8. The van der Waals surface area contributed by atoms with E-state index in [1.165, 1.54) is 25.7 Å². The summed E-state index contributed by atoms with van der Waals surface area (Å²) < 4.78 is 0. The Kier molecular flexibility index (Phi) is 27.7. The van der Waals surface area contributed by atoms with Gasteiger partial charge in [-0.1, -0.05) is 39.5 Å². The quantitative estimate of drug-likeness (QED) is 0.122. The molecule has 18 heteroatoms. The Balaban J connectivity index is 0. The standard InChI is InChI=1S/C13H19N4O4.C12H17N4O4.2C5H11.2Y/c1-8(18)14-7-13(9-3-5-17(2)6-4-9)10(19)15-12(21)16-11(13)20;1-7(17)14-6-12(8-2-4-13-5-3-8)9(18)15-11(20)16-10(12)19;2*1-3-5-4-2;;/h9H,1,3-7H2,2H3,(H,14,18)(H2,15,16,19,20,21);8,13H,1-6H2,(H,14,17)(H2,15,16,18,19,20);2*1,3-5H2,2H3;;/q4*-1;;. The van der Waals surface area contributed by atoms with Crippen molar-refractivity contribution in [2.45, 2.75) is 78.1 Å². The molecule has 0 unspecified atom stereocenters. The van der Waals surface area contributed by atoms with Gasteiger partial charge in [-0.2, -0.15) is 12.8 Å². The zero-order valence-electron chi connectivity index (χ0n) is 31.7. The summed E-state index contributed by atoms with van der Waals surface area (Å²) in [4.78, 5) is 95.9. The van der Waals surface area contributed by atoms with Gasteiger partial charge >= 0.3 is 12.1 Å². The molecule has 0 spiro atoms. The summed E-state index contributed by atoms with van der Waals surface area (Å²) in [6.07, 6.45) is 9.81. The molecule has 7 N–H and O–H groups in total. The summed E-state index contributed by atoms with van der Waals surface area (Å²) in [5.41, 5.74) is -2.91. The maximum Gasteiger partial charge on any atom is 0.328 e. The van der Waals surface area contributed by atoms with E-state index in [1.807, 2.05) is 7.05 Å². The molecule has 0 aliphatic carbocycles. The van der Waals surface area contributed by atoms with E-state index in [1.54, 1.807) is 0 Å². The maximum atomic E-state index is 12.4. The van der Waals surface area contributed by atoms with E-state index in [2.05, 4.69) is 83.7 Å². The molecule has 53 heavy (non-hydrogen) atoms. The summed E-state index contributed by atoms with van der Waals surface area (Å²) in [6.45, 7) is 20.6. The van der Waals surface area contributed by atoms with Gasteiger partial charge in [-0.3, -0.25) is 40.4 Å². The van der Waals surface area contributed by atoms with E-state index in [-0.39, 0.29) is 90.3 Å². The van der Waals surface area contributed by atoms with E-state index in [0.29, 0.717) is 38.8 Å². The third kappa shape index (κ3) is 16.3. The zero-order valence-corrected chi connectivity index (χ0v) is 37.3. The summed E-state index contributed by atoms with van der Waals surface area (Å²) in [5, 5.41) is 16.5. The number of barbiturate groups is 2. The van der Waals surface area contributed by atoms with Crippen LogP contribution < -0.4 is 37.2 Å². The Morgan fingerprint density at radius 2 is 0.981 bits per heavy atom. The van der Waals surface area contributed by atoms with Gasteiger partial charge in [0.05, 0.1) is 11.8 Å². The molecule has 2 radical (unpaired) electrons. The molecule has 4 heterocycles. The number of hydrogen-bond donors (Lipinski definition) is 7. The molecule has 0 aromatic heterocycles. The molecule has 0 saturated carbocycles. The number of rotatable bonds is 10. The van der Waals surface area contributed by atoms with Gasteiger partial charge in [0, 0.05) is 78.5 Å². The fraction of sp³-hybridized carbons (Fsp3) is 0.657. The van der Waals surface area contributed by atoms with Crippen molar-refractivity contribution < 1.29 is 104 Å². The Hall–Kier alpha value is -1.97. The second kappa shape index (κ2) is 27.6. The number of amides is 10. The van der Waals surface area contributed by atoms with Crippen LogP contribution in [0.1, 0.15) is 78.1 Å². The molecule has 0 atom stereocenters. The molecule has 0 aromatic rings. The van der Waals surface area contributed by atoms with Crippen LogP contribution in [0.4, 0.5) is 9.59 Å². The van der Waals surface area contributed by atoms with E-state index >= 15 is 0 Å². The number of piperidine rings is 2. The molecular formula is C35H58N8O8Y2-4. The molecule has 4 saturated heterocycles. The first-order valence-electron chi connectivity index (χ1n) is 17.7. The van der Waals surface area contributed by atoms with Crippen LogP contribution in [-0.2, 0) is 94.2 Å². The molecular weight excluding hydrogens is 838 g/mol. The fourth-order valence-corrected chi connectivity index (χ4v) is 6.27. The Morgan fingerprint density at radius 3 is 1.25 bits per heavy atom. The monoisotopic (exact) mass is 896 g/mol. The summed E-state index contributed by atoms with van der Waals surface area (Å²) in [5.74, 6) is -4.26. The van der Waals surface area contributed by atoms with Crippen molar-refractivity contribution in [1.29, 1.82) is 0 Å². The van der Waals surface area contributed by atoms with Crippen molar-refractivity contribution in [2.75, 3.05) is 46.3 Å². The average Bonchev–Trinajstić information content (AvgIpc) is 3.07. The SMILES string of the molecule is [CH2-]C(=O)NCC1(C2CCN(C)CC2)C(=O)NC(=O)NC1=O.[CH2-]C(=O)NCC1(C2CCNCC2)C(=O)NC(=O)NC1=O.[CH2-]CCCC.[CH2-]CCCC.[Y].[Y]. The van der Waals surface area contributed by atoms with Gasteiger partial charge in [0.15, 0.2) is 0 Å². The van der Waals surface area contributed by atoms with E-state index in [4.69, 9.17) is 0 Å². The minimum absolute atomic E-state index is 0. The molecule has 4 aliphatic heterocycles. The van der Waals surface area contributed by atoms with Crippen molar-refractivity contribution in [3.05, 3.63) is 27.7 Å². The van der Waals surface area contributed by atoms with Crippen molar-refractivity contribution in [3.63, 3.8) is 0 Å². The summed E-state index contributed by atoms with van der Waals surface area (Å²) >= 11 is 0. The predicted octanol–water partition coefficient (Wildman–Crippen LogP) is 0.936. The van der Waals surface area contributed by atoms with E-state index in [0.717, 1.165) is 25.9 Å². The normalized spacial score (nSPS) is 19.5. The Morgan fingerprint density at radius 1 is 0.660 bits per heavy atom. The second-order valence-electron chi connectivity index (χ2n) is 13.0. The number of imide groups is 4. The maximum absolute atomic E-state index is 12.4. The van der Waals surface area contributed by atoms with Gasteiger partial charge in [0.2, 0.25) is 23.6 Å². The number of likely N-dealkylation sites (tertiary alicyclic amines) is 1. The number of unbranched alkanes of at least 4 members (excludes halogenated alkanes) is 4. The van der Waals surface area contributed by atoms with Gasteiger partial charge in [0.1, 0.15) is 10.8 Å². The second-order valence-corrected chi connectivity index (χ2v) is 13.0. The van der Waals surface area contributed by atoms with Crippen LogP contribution in [-0.4, -0.2) is 98.7 Å². The third-order valence-corrected chi connectivity index (χ3v) is 9.32. The first-order valence-corrected chi connectivity index (χ1v) is 17.7. The third-order valence-electron chi connectivity index (χ3n) is 9.32. The van der Waals surface area contributed by atoms with Gasteiger partial charge in [-0.05, 0) is 70.7 Å². The van der Waals surface area contributed by atoms with Crippen LogP contribution >= 0.6 is 0 Å². The fourth-order valence-electron chi connectivity index (χ4n) is 6.27. The topological polar surface area (TPSA) is 224 Å².